The number of aromatic amines is 1. The molecule has 0 bridgehead atoms. The summed E-state index contributed by atoms with van der Waals surface area (Å²) in [6.07, 6.45) is 7.07. The Morgan fingerprint density at radius 1 is 0.921 bits per heavy atom. The number of carbonyl (C=O) groups is 1. The summed E-state index contributed by atoms with van der Waals surface area (Å²) in [7, 11) is 0. The van der Waals surface area contributed by atoms with E-state index in [9.17, 15) is 4.79 Å². The fourth-order valence-corrected chi connectivity index (χ4v) is 4.46. The van der Waals surface area contributed by atoms with Crippen molar-refractivity contribution in [1.82, 2.24) is 15.2 Å². The van der Waals surface area contributed by atoms with Crippen molar-refractivity contribution >= 4 is 34.1 Å². The number of allylic oxidation sites excluding steroid dienone is 1. The fourth-order valence-electron chi connectivity index (χ4n) is 4.46. The van der Waals surface area contributed by atoms with Crippen LogP contribution >= 0.6 is 0 Å². The summed E-state index contributed by atoms with van der Waals surface area (Å²) >= 11 is 0. The van der Waals surface area contributed by atoms with E-state index in [1.165, 1.54) is 0 Å². The highest BCUT2D eigenvalue weighted by atomic mass is 16.5. The number of aliphatic carboxylic acids is 1. The Balaban J connectivity index is 1.62. The SMILES string of the molecule is CCC(=C(c1ccc(C=CC(=O)O)cc1)c1ccc2[nH]ncc2c1)c1cccc(Oc2ccc(C)nc2)c1. The average molecular weight is 502 g/mol. The Morgan fingerprint density at radius 2 is 1.74 bits per heavy atom. The van der Waals surface area contributed by atoms with Gasteiger partial charge in [0.1, 0.15) is 11.5 Å². The van der Waals surface area contributed by atoms with Gasteiger partial charge in [0.05, 0.1) is 17.9 Å². The van der Waals surface area contributed by atoms with Gasteiger partial charge in [0.2, 0.25) is 0 Å². The molecule has 6 nitrogen and oxygen atoms in total. The standard InChI is InChI=1S/C32H27N3O3/c1-3-29(24-5-4-6-27(18-24)38-28-14-7-21(2)33-20-28)32(25-13-15-30-26(17-25)19-34-35-30)23-11-8-22(9-12-23)10-16-31(36)37/h4-20H,3H2,1-2H3,(H,34,35)(H,36,37). The van der Waals surface area contributed by atoms with E-state index >= 15 is 0 Å². The summed E-state index contributed by atoms with van der Waals surface area (Å²) in [5.74, 6) is 0.447. The van der Waals surface area contributed by atoms with E-state index in [4.69, 9.17) is 9.84 Å². The number of carboxylic acids is 1. The maximum atomic E-state index is 10.9. The number of rotatable bonds is 8. The van der Waals surface area contributed by atoms with Gasteiger partial charge in [-0.1, -0.05) is 49.4 Å². The summed E-state index contributed by atoms with van der Waals surface area (Å²) in [5, 5.41) is 17.2. The van der Waals surface area contributed by atoms with Crippen LogP contribution in [0.25, 0.3) is 28.1 Å². The highest BCUT2D eigenvalue weighted by molar-refractivity contribution is 6.00. The number of fused-ring (bicyclic) bond motifs is 1. The van der Waals surface area contributed by atoms with E-state index in [1.807, 2.05) is 67.7 Å². The van der Waals surface area contributed by atoms with Gasteiger partial charge < -0.3 is 9.84 Å². The van der Waals surface area contributed by atoms with Crippen molar-refractivity contribution in [3.63, 3.8) is 0 Å². The third-order valence-electron chi connectivity index (χ3n) is 6.30. The van der Waals surface area contributed by atoms with Crippen molar-refractivity contribution in [3.05, 3.63) is 125 Å². The summed E-state index contributed by atoms with van der Waals surface area (Å²) in [6, 6.07) is 26.1. The molecule has 0 saturated heterocycles. The minimum atomic E-state index is -0.972. The Hall–Kier alpha value is -4.97. The van der Waals surface area contributed by atoms with Crippen LogP contribution in [0.3, 0.4) is 0 Å². The van der Waals surface area contributed by atoms with E-state index < -0.39 is 5.97 Å². The van der Waals surface area contributed by atoms with Crippen molar-refractivity contribution < 1.29 is 14.6 Å². The third kappa shape index (κ3) is 5.55. The first-order valence-electron chi connectivity index (χ1n) is 12.4. The number of pyridine rings is 1. The Kier molecular flexibility index (Phi) is 7.13. The zero-order valence-electron chi connectivity index (χ0n) is 21.2. The molecule has 188 valence electrons. The Bertz CT molecular complexity index is 1650. The number of nitrogens with one attached hydrogen (secondary N) is 1. The predicted molar refractivity (Wildman–Crippen MR) is 151 cm³/mol. The number of H-pyrrole nitrogens is 1. The number of hydrogen-bond donors (Lipinski definition) is 2. The number of carboxylic acid groups (broad SMARTS) is 1. The summed E-state index contributed by atoms with van der Waals surface area (Å²) in [5.41, 5.74) is 8.15. The van der Waals surface area contributed by atoms with Crippen LogP contribution in [0, 0.1) is 6.92 Å². The maximum Gasteiger partial charge on any atom is 0.328 e. The van der Waals surface area contributed by atoms with Gasteiger partial charge in [-0.15, -0.1) is 0 Å². The lowest BCUT2D eigenvalue weighted by Gasteiger charge is -2.17. The van der Waals surface area contributed by atoms with E-state index in [2.05, 4.69) is 46.4 Å². The molecule has 0 spiro atoms. The highest BCUT2D eigenvalue weighted by Crippen LogP contribution is 2.37. The molecule has 0 amide bonds. The number of hydrogen-bond acceptors (Lipinski definition) is 4. The molecule has 5 rings (SSSR count). The van der Waals surface area contributed by atoms with Crippen LogP contribution in [0.1, 0.15) is 41.3 Å². The minimum Gasteiger partial charge on any atom is -0.478 e. The topological polar surface area (TPSA) is 88.1 Å². The van der Waals surface area contributed by atoms with Crippen LogP contribution in [0.5, 0.6) is 11.5 Å². The first-order valence-corrected chi connectivity index (χ1v) is 12.4. The first-order chi connectivity index (χ1) is 18.5. The van der Waals surface area contributed by atoms with Crippen LogP contribution in [0.2, 0.25) is 0 Å². The van der Waals surface area contributed by atoms with E-state index in [1.54, 1.807) is 12.3 Å². The summed E-state index contributed by atoms with van der Waals surface area (Å²) < 4.78 is 6.12. The molecule has 2 N–H and O–H groups in total. The molecule has 2 aromatic heterocycles. The van der Waals surface area contributed by atoms with Gasteiger partial charge in [-0.2, -0.15) is 5.10 Å². The highest BCUT2D eigenvalue weighted by Gasteiger charge is 2.15. The van der Waals surface area contributed by atoms with Crippen molar-refractivity contribution in [2.24, 2.45) is 0 Å². The zero-order chi connectivity index (χ0) is 26.5. The predicted octanol–water partition coefficient (Wildman–Crippen LogP) is 7.53. The van der Waals surface area contributed by atoms with Gasteiger partial charge >= 0.3 is 5.97 Å². The van der Waals surface area contributed by atoms with Crippen molar-refractivity contribution in [2.75, 3.05) is 0 Å². The Labute approximate surface area is 221 Å². The molecule has 0 atom stereocenters. The largest absolute Gasteiger partial charge is 0.478 e. The van der Waals surface area contributed by atoms with Gasteiger partial charge in [-0.3, -0.25) is 10.1 Å². The number of nitrogens with zero attached hydrogens (tertiary/aromatic N) is 2. The minimum absolute atomic E-state index is 0.686. The number of ether oxygens (including phenoxy) is 1. The molecule has 0 radical (unpaired) electrons. The van der Waals surface area contributed by atoms with Crippen LogP contribution in [0.15, 0.2) is 97.3 Å². The smallest absolute Gasteiger partial charge is 0.328 e. The lowest BCUT2D eigenvalue weighted by Crippen LogP contribution is -1.96. The number of benzene rings is 3. The van der Waals surface area contributed by atoms with Gasteiger partial charge in [-0.05, 0) is 89.2 Å². The molecule has 0 aliphatic heterocycles. The third-order valence-corrected chi connectivity index (χ3v) is 6.30. The van der Waals surface area contributed by atoms with E-state index in [-0.39, 0.29) is 0 Å². The molecular weight excluding hydrogens is 474 g/mol. The van der Waals surface area contributed by atoms with Gasteiger partial charge in [0, 0.05) is 17.2 Å². The first kappa shape index (κ1) is 24.7. The number of aromatic nitrogens is 3. The maximum absolute atomic E-state index is 10.9. The molecular formula is C32H27N3O3. The molecule has 0 unspecified atom stereocenters. The van der Waals surface area contributed by atoms with Crippen molar-refractivity contribution in [1.29, 1.82) is 0 Å². The molecule has 2 heterocycles. The second kappa shape index (κ2) is 11.0. The zero-order valence-corrected chi connectivity index (χ0v) is 21.2. The quantitative estimate of drug-likeness (QED) is 0.169. The molecule has 0 aliphatic rings. The molecule has 6 heteroatoms. The van der Waals surface area contributed by atoms with Crippen molar-refractivity contribution in [3.8, 4) is 11.5 Å². The molecule has 0 saturated carbocycles. The van der Waals surface area contributed by atoms with Gasteiger partial charge in [-0.25, -0.2) is 4.79 Å². The number of aryl methyl sites for hydroxylation is 1. The van der Waals surface area contributed by atoms with Crippen LogP contribution in [0.4, 0.5) is 0 Å². The monoisotopic (exact) mass is 501 g/mol. The molecule has 0 fully saturated rings. The van der Waals surface area contributed by atoms with Gasteiger partial charge in [0.25, 0.3) is 0 Å². The second-order valence-corrected chi connectivity index (χ2v) is 8.94. The lowest BCUT2D eigenvalue weighted by molar-refractivity contribution is -0.131. The Morgan fingerprint density at radius 3 is 2.47 bits per heavy atom. The fraction of sp³-hybridized carbons (Fsp3) is 0.0938. The van der Waals surface area contributed by atoms with Crippen molar-refractivity contribution in [2.45, 2.75) is 20.3 Å². The second-order valence-electron chi connectivity index (χ2n) is 8.94. The summed E-state index contributed by atoms with van der Waals surface area (Å²) in [6.45, 7) is 4.09. The van der Waals surface area contributed by atoms with Crippen LogP contribution in [-0.4, -0.2) is 26.3 Å². The van der Waals surface area contributed by atoms with Crippen LogP contribution < -0.4 is 4.74 Å². The lowest BCUT2D eigenvalue weighted by atomic mass is 9.87. The summed E-state index contributed by atoms with van der Waals surface area (Å²) in [4.78, 5) is 15.3. The molecule has 38 heavy (non-hydrogen) atoms. The average Bonchev–Trinajstić information content (AvgIpc) is 3.40. The van der Waals surface area contributed by atoms with E-state index in [0.717, 1.165) is 68.2 Å². The molecule has 5 aromatic rings. The van der Waals surface area contributed by atoms with Crippen LogP contribution in [-0.2, 0) is 4.79 Å². The van der Waals surface area contributed by atoms with Gasteiger partial charge in [0.15, 0.2) is 0 Å². The van der Waals surface area contributed by atoms with E-state index in [0.29, 0.717) is 5.75 Å². The molecule has 0 aliphatic carbocycles. The molecule has 3 aromatic carbocycles. The normalized spacial score (nSPS) is 12.1.